The number of rotatable bonds is 2. The molecule has 0 radical (unpaired) electrons. The van der Waals surface area contributed by atoms with Gasteiger partial charge in [-0.2, -0.15) is 4.99 Å². The summed E-state index contributed by atoms with van der Waals surface area (Å²) in [4.78, 5) is 17.3. The average Bonchev–Trinajstić information content (AvgIpc) is 2.89. The maximum Gasteiger partial charge on any atom is 0.244 e. The van der Waals surface area contributed by atoms with Crippen LogP contribution in [0.4, 0.5) is 5.69 Å². The zero-order valence-electron chi connectivity index (χ0n) is 12.5. The highest BCUT2D eigenvalue weighted by Gasteiger charge is 2.49. The minimum atomic E-state index is -3.10. The van der Waals surface area contributed by atoms with Crippen LogP contribution in [0, 0.1) is 0 Å². The fourth-order valence-electron chi connectivity index (χ4n) is 2.83. The highest BCUT2D eigenvalue weighted by molar-refractivity contribution is 8.16. The Bertz CT molecular complexity index is 794. The van der Waals surface area contributed by atoms with E-state index in [1.165, 1.54) is 25.8 Å². The molecule has 1 amide bonds. The second-order valence-electron chi connectivity index (χ2n) is 5.40. The Morgan fingerprint density at radius 2 is 2.17 bits per heavy atom. The van der Waals surface area contributed by atoms with Crippen molar-refractivity contribution in [3.05, 3.63) is 23.2 Å². The maximum atomic E-state index is 12.0. The zero-order valence-corrected chi connectivity index (χ0v) is 14.9. The molecule has 1 aromatic rings. The van der Waals surface area contributed by atoms with Crippen LogP contribution >= 0.6 is 23.4 Å². The van der Waals surface area contributed by atoms with E-state index in [1.807, 2.05) is 0 Å². The Balaban J connectivity index is 2.10. The van der Waals surface area contributed by atoms with Crippen molar-refractivity contribution >= 4 is 50.0 Å². The lowest BCUT2D eigenvalue weighted by Crippen LogP contribution is -2.37. The number of anilines is 1. The Morgan fingerprint density at radius 1 is 1.43 bits per heavy atom. The molecule has 23 heavy (non-hydrogen) atoms. The topological polar surface area (TPSA) is 76.0 Å². The first-order valence-electron chi connectivity index (χ1n) is 6.90. The van der Waals surface area contributed by atoms with Gasteiger partial charge in [-0.25, -0.2) is 8.42 Å². The fourth-order valence-corrected chi connectivity index (χ4v) is 6.94. The summed E-state index contributed by atoms with van der Waals surface area (Å²) in [5, 5.41) is 0.875. The van der Waals surface area contributed by atoms with Gasteiger partial charge in [-0.15, -0.1) is 0 Å². The van der Waals surface area contributed by atoms with E-state index in [2.05, 4.69) is 4.99 Å². The Hall–Kier alpha value is -1.25. The highest BCUT2D eigenvalue weighted by Crippen LogP contribution is 2.44. The molecular weight excluding hydrogens is 360 g/mol. The van der Waals surface area contributed by atoms with Crippen LogP contribution in [-0.4, -0.2) is 49.4 Å². The van der Waals surface area contributed by atoms with Crippen LogP contribution in [0.5, 0.6) is 5.75 Å². The largest absolute Gasteiger partial charge is 0.495 e. The van der Waals surface area contributed by atoms with Crippen LogP contribution in [0.1, 0.15) is 6.92 Å². The number of ether oxygens (including phenoxy) is 1. The Labute approximate surface area is 143 Å². The molecule has 6 nitrogen and oxygen atoms in total. The number of thioether (sulfide) groups is 1. The molecule has 0 aliphatic carbocycles. The van der Waals surface area contributed by atoms with Gasteiger partial charge in [0, 0.05) is 23.3 Å². The van der Waals surface area contributed by atoms with Crippen LogP contribution in [-0.2, 0) is 14.6 Å². The number of amides is 1. The van der Waals surface area contributed by atoms with E-state index < -0.39 is 9.84 Å². The lowest BCUT2D eigenvalue weighted by atomic mass is 10.2. The van der Waals surface area contributed by atoms with Gasteiger partial charge < -0.3 is 9.64 Å². The van der Waals surface area contributed by atoms with E-state index in [9.17, 15) is 13.2 Å². The number of fused-ring (bicyclic) bond motifs is 1. The molecule has 2 aliphatic rings. The number of halogens is 1. The van der Waals surface area contributed by atoms with Crippen LogP contribution in [0.3, 0.4) is 0 Å². The van der Waals surface area contributed by atoms with Crippen molar-refractivity contribution in [3.8, 4) is 5.75 Å². The molecule has 2 saturated heterocycles. The molecule has 124 valence electrons. The molecule has 0 bridgehead atoms. The van der Waals surface area contributed by atoms with Crippen molar-refractivity contribution in [2.24, 2.45) is 4.99 Å². The summed E-state index contributed by atoms with van der Waals surface area (Å²) < 4.78 is 29.3. The molecule has 3 rings (SSSR count). The van der Waals surface area contributed by atoms with E-state index >= 15 is 0 Å². The number of hydrogen-bond acceptors (Lipinski definition) is 5. The van der Waals surface area contributed by atoms with Crippen molar-refractivity contribution in [2.45, 2.75) is 18.2 Å². The monoisotopic (exact) mass is 374 g/mol. The van der Waals surface area contributed by atoms with Crippen molar-refractivity contribution in [1.29, 1.82) is 0 Å². The summed E-state index contributed by atoms with van der Waals surface area (Å²) in [6.07, 6.45) is 0. The number of methoxy groups -OCH3 is 1. The standard InChI is InChI=1S/C14H15ClN2O4S2/c1-8(18)16-14-17(10-4-3-9(15)5-12(10)21-2)11-6-23(19,20)7-13(11)22-14/h3-5,11,13H,6-7H2,1-2H3. The molecule has 1 aromatic carbocycles. The molecule has 2 atom stereocenters. The number of hydrogen-bond donors (Lipinski definition) is 0. The maximum absolute atomic E-state index is 12.0. The number of amidine groups is 1. The summed E-state index contributed by atoms with van der Waals surface area (Å²) in [5.41, 5.74) is 0.661. The van der Waals surface area contributed by atoms with Crippen LogP contribution in [0.2, 0.25) is 5.02 Å². The van der Waals surface area contributed by atoms with Crippen molar-refractivity contribution in [1.82, 2.24) is 0 Å². The number of carbonyl (C=O) groups is 1. The smallest absolute Gasteiger partial charge is 0.244 e. The Morgan fingerprint density at radius 3 is 2.83 bits per heavy atom. The number of aliphatic imine (C=N–C) groups is 1. The second-order valence-corrected chi connectivity index (χ2v) is 9.20. The molecule has 2 unspecified atom stereocenters. The summed E-state index contributed by atoms with van der Waals surface area (Å²) in [7, 11) is -1.58. The normalized spacial score (nSPS) is 27.3. The summed E-state index contributed by atoms with van der Waals surface area (Å²) in [6.45, 7) is 1.37. The Kier molecular flexibility index (Phi) is 4.33. The first-order chi connectivity index (χ1) is 10.8. The van der Waals surface area contributed by atoms with Crippen molar-refractivity contribution in [3.63, 3.8) is 0 Å². The number of benzene rings is 1. The van der Waals surface area contributed by atoms with Crippen LogP contribution in [0.15, 0.2) is 23.2 Å². The lowest BCUT2D eigenvalue weighted by Gasteiger charge is -2.26. The minimum absolute atomic E-state index is 0.0351. The third kappa shape index (κ3) is 3.20. The van der Waals surface area contributed by atoms with Gasteiger partial charge in [0.15, 0.2) is 15.0 Å². The van der Waals surface area contributed by atoms with Gasteiger partial charge in [-0.1, -0.05) is 23.4 Å². The molecule has 0 aromatic heterocycles. The SMILES string of the molecule is COc1cc(Cl)ccc1N1C(=NC(C)=O)SC2CS(=O)(=O)CC21. The quantitative estimate of drug-likeness (QED) is 0.787. The van der Waals surface area contributed by atoms with Gasteiger partial charge in [-0.05, 0) is 12.1 Å². The van der Waals surface area contributed by atoms with Crippen LogP contribution in [0.25, 0.3) is 0 Å². The van der Waals surface area contributed by atoms with E-state index in [-0.39, 0.29) is 28.7 Å². The summed E-state index contributed by atoms with van der Waals surface area (Å²) >= 11 is 7.32. The third-order valence-corrected chi connectivity index (χ3v) is 7.17. The van der Waals surface area contributed by atoms with Gasteiger partial charge in [0.2, 0.25) is 5.91 Å². The average molecular weight is 375 g/mol. The van der Waals surface area contributed by atoms with Gasteiger partial charge in [0.25, 0.3) is 0 Å². The van der Waals surface area contributed by atoms with Crippen molar-refractivity contribution < 1.29 is 17.9 Å². The zero-order chi connectivity index (χ0) is 16.8. The number of nitrogens with zero attached hydrogens (tertiary/aromatic N) is 2. The predicted octanol–water partition coefficient (Wildman–Crippen LogP) is 1.97. The lowest BCUT2D eigenvalue weighted by molar-refractivity contribution is -0.115. The molecule has 0 spiro atoms. The van der Waals surface area contributed by atoms with Gasteiger partial charge in [-0.3, -0.25) is 4.79 Å². The summed E-state index contributed by atoms with van der Waals surface area (Å²) in [6, 6.07) is 4.85. The van der Waals surface area contributed by atoms with Gasteiger partial charge in [0.1, 0.15) is 5.75 Å². The number of carbonyl (C=O) groups excluding carboxylic acids is 1. The first kappa shape index (κ1) is 16.6. The van der Waals surface area contributed by atoms with E-state index in [0.717, 1.165) is 0 Å². The van der Waals surface area contributed by atoms with Gasteiger partial charge in [0.05, 0.1) is 30.3 Å². The third-order valence-electron chi connectivity index (χ3n) is 3.72. The molecule has 9 heteroatoms. The first-order valence-corrected chi connectivity index (χ1v) is 9.98. The minimum Gasteiger partial charge on any atom is -0.495 e. The van der Waals surface area contributed by atoms with E-state index in [1.54, 1.807) is 23.1 Å². The summed E-state index contributed by atoms with van der Waals surface area (Å²) in [5.74, 6) is 0.312. The highest BCUT2D eigenvalue weighted by atomic mass is 35.5. The van der Waals surface area contributed by atoms with Crippen molar-refractivity contribution in [2.75, 3.05) is 23.5 Å². The molecule has 0 saturated carbocycles. The molecule has 2 heterocycles. The molecular formula is C14H15ClN2O4S2. The predicted molar refractivity (Wildman–Crippen MR) is 92.4 cm³/mol. The number of sulfone groups is 1. The van der Waals surface area contributed by atoms with Gasteiger partial charge >= 0.3 is 0 Å². The molecule has 2 aliphatic heterocycles. The molecule has 0 N–H and O–H groups in total. The fraction of sp³-hybridized carbons (Fsp3) is 0.429. The van der Waals surface area contributed by atoms with E-state index in [0.29, 0.717) is 21.6 Å². The van der Waals surface area contributed by atoms with Crippen LogP contribution < -0.4 is 9.64 Å². The molecule has 2 fully saturated rings. The second kappa shape index (κ2) is 5.99. The van der Waals surface area contributed by atoms with E-state index in [4.69, 9.17) is 16.3 Å².